The highest BCUT2D eigenvalue weighted by atomic mass is 16.5. The highest BCUT2D eigenvalue weighted by Gasteiger charge is 2.40. The fourth-order valence-electron chi connectivity index (χ4n) is 3.42. The summed E-state index contributed by atoms with van der Waals surface area (Å²) in [6.07, 6.45) is 1.07. The van der Waals surface area contributed by atoms with Crippen LogP contribution in [0, 0.1) is 5.92 Å². The van der Waals surface area contributed by atoms with Gasteiger partial charge in [0.2, 0.25) is 11.8 Å². The zero-order valence-corrected chi connectivity index (χ0v) is 12.9. The van der Waals surface area contributed by atoms with Gasteiger partial charge in [0, 0.05) is 26.6 Å². The lowest BCUT2D eigenvalue weighted by Crippen LogP contribution is -2.50. The first-order chi connectivity index (χ1) is 10.7. The Morgan fingerprint density at radius 1 is 1.18 bits per heavy atom. The molecule has 0 radical (unpaired) electrons. The molecule has 1 aromatic carbocycles. The third-order valence-corrected chi connectivity index (χ3v) is 4.64. The summed E-state index contributed by atoms with van der Waals surface area (Å²) in [6, 6.07) is 9.70. The highest BCUT2D eigenvalue weighted by molar-refractivity contribution is 5.85. The van der Waals surface area contributed by atoms with Gasteiger partial charge in [-0.15, -0.1) is 0 Å². The molecule has 1 aromatic rings. The van der Waals surface area contributed by atoms with Gasteiger partial charge in [0.15, 0.2) is 0 Å². The van der Waals surface area contributed by atoms with E-state index in [0.29, 0.717) is 39.1 Å². The fourth-order valence-corrected chi connectivity index (χ4v) is 3.42. The monoisotopic (exact) mass is 302 g/mol. The number of hydrogen-bond donors (Lipinski definition) is 0. The van der Waals surface area contributed by atoms with Crippen molar-refractivity contribution >= 4 is 11.8 Å². The number of rotatable bonds is 2. The molecule has 118 valence electrons. The van der Waals surface area contributed by atoms with E-state index in [2.05, 4.69) is 0 Å². The molecule has 2 aliphatic rings. The summed E-state index contributed by atoms with van der Waals surface area (Å²) in [5.74, 6) is 0.0968. The van der Waals surface area contributed by atoms with E-state index in [-0.39, 0.29) is 23.8 Å². The molecule has 0 spiro atoms. The first-order valence-electron chi connectivity index (χ1n) is 7.85. The van der Waals surface area contributed by atoms with Gasteiger partial charge in [-0.05, 0) is 12.0 Å². The minimum atomic E-state index is -0.169. The van der Waals surface area contributed by atoms with E-state index >= 15 is 0 Å². The second-order valence-electron chi connectivity index (χ2n) is 5.94. The van der Waals surface area contributed by atoms with E-state index in [1.807, 2.05) is 35.2 Å². The van der Waals surface area contributed by atoms with Gasteiger partial charge < -0.3 is 14.5 Å². The van der Waals surface area contributed by atoms with Crippen LogP contribution in [0.25, 0.3) is 0 Å². The van der Waals surface area contributed by atoms with Gasteiger partial charge in [0.05, 0.1) is 25.2 Å². The smallest absolute Gasteiger partial charge is 0.228 e. The summed E-state index contributed by atoms with van der Waals surface area (Å²) >= 11 is 0. The van der Waals surface area contributed by atoms with Crippen LogP contribution in [0.3, 0.4) is 0 Å². The quantitative estimate of drug-likeness (QED) is 0.831. The van der Waals surface area contributed by atoms with Gasteiger partial charge in [0.1, 0.15) is 0 Å². The topological polar surface area (TPSA) is 49.9 Å². The number of piperidine rings is 1. The first kappa shape index (κ1) is 15.0. The van der Waals surface area contributed by atoms with Crippen molar-refractivity contribution in [3.63, 3.8) is 0 Å². The maximum atomic E-state index is 12.9. The molecule has 22 heavy (non-hydrogen) atoms. The molecule has 0 aromatic heterocycles. The van der Waals surface area contributed by atoms with Crippen LogP contribution in [-0.4, -0.2) is 55.0 Å². The van der Waals surface area contributed by atoms with Crippen LogP contribution < -0.4 is 0 Å². The molecular formula is C17H22N2O3. The number of nitrogens with zero attached hydrogens (tertiary/aromatic N) is 2. The van der Waals surface area contributed by atoms with Crippen molar-refractivity contribution in [3.05, 3.63) is 35.9 Å². The molecule has 5 nitrogen and oxygen atoms in total. The van der Waals surface area contributed by atoms with Gasteiger partial charge in [0.25, 0.3) is 0 Å². The van der Waals surface area contributed by atoms with E-state index in [1.54, 1.807) is 11.9 Å². The fraction of sp³-hybridized carbons (Fsp3) is 0.529. The third-order valence-electron chi connectivity index (χ3n) is 4.64. The maximum Gasteiger partial charge on any atom is 0.228 e. The minimum absolute atomic E-state index is 0.111. The predicted octanol–water partition coefficient (Wildman–Crippen LogP) is 1.45. The lowest BCUT2D eigenvalue weighted by atomic mass is 9.83. The Morgan fingerprint density at radius 2 is 1.86 bits per heavy atom. The predicted molar refractivity (Wildman–Crippen MR) is 82.1 cm³/mol. The zero-order valence-electron chi connectivity index (χ0n) is 12.9. The van der Waals surface area contributed by atoms with Gasteiger partial charge in [-0.25, -0.2) is 0 Å². The lowest BCUT2D eigenvalue weighted by molar-refractivity contribution is -0.149. The number of ether oxygens (including phenoxy) is 1. The number of likely N-dealkylation sites (tertiary alicyclic amines) is 1. The Morgan fingerprint density at radius 3 is 2.55 bits per heavy atom. The maximum absolute atomic E-state index is 12.9. The molecule has 2 aliphatic heterocycles. The molecular weight excluding hydrogens is 280 g/mol. The van der Waals surface area contributed by atoms with Crippen molar-refractivity contribution in [2.24, 2.45) is 5.92 Å². The van der Waals surface area contributed by atoms with Crippen LogP contribution in [0.15, 0.2) is 30.3 Å². The molecule has 2 saturated heterocycles. The van der Waals surface area contributed by atoms with Crippen molar-refractivity contribution in [2.45, 2.75) is 18.9 Å². The van der Waals surface area contributed by atoms with Crippen LogP contribution in [0.2, 0.25) is 0 Å². The Bertz CT molecular complexity index is 540. The molecule has 2 atom stereocenters. The van der Waals surface area contributed by atoms with Crippen LogP contribution in [0.4, 0.5) is 0 Å². The van der Waals surface area contributed by atoms with Crippen molar-refractivity contribution in [1.82, 2.24) is 9.80 Å². The number of benzene rings is 1. The third kappa shape index (κ3) is 2.86. The Hall–Kier alpha value is -1.88. The summed E-state index contributed by atoms with van der Waals surface area (Å²) < 4.78 is 5.33. The average Bonchev–Trinajstić information content (AvgIpc) is 2.58. The van der Waals surface area contributed by atoms with E-state index in [4.69, 9.17) is 4.74 Å². The molecule has 2 heterocycles. The average molecular weight is 302 g/mol. The molecule has 0 unspecified atom stereocenters. The standard InChI is InChI=1S/C17H22N2O3/c1-18-15(20)8-7-14(16(18)13-5-3-2-4-6-13)17(21)19-9-11-22-12-10-19/h2-6,14,16H,7-12H2,1H3/t14-,16+/m1/s1. The first-order valence-corrected chi connectivity index (χ1v) is 7.85. The molecule has 3 rings (SSSR count). The second kappa shape index (κ2) is 6.48. The largest absolute Gasteiger partial charge is 0.378 e. The summed E-state index contributed by atoms with van der Waals surface area (Å²) in [4.78, 5) is 28.6. The van der Waals surface area contributed by atoms with Gasteiger partial charge in [-0.1, -0.05) is 30.3 Å². The molecule has 5 heteroatoms. The Balaban J connectivity index is 1.86. The van der Waals surface area contributed by atoms with Crippen LogP contribution in [0.1, 0.15) is 24.4 Å². The molecule has 0 aliphatic carbocycles. The Labute approximate surface area is 130 Å². The number of morpholine rings is 1. The van der Waals surface area contributed by atoms with Gasteiger partial charge in [-0.3, -0.25) is 9.59 Å². The van der Waals surface area contributed by atoms with Crippen molar-refractivity contribution in [2.75, 3.05) is 33.4 Å². The van der Waals surface area contributed by atoms with E-state index < -0.39 is 0 Å². The van der Waals surface area contributed by atoms with Crippen molar-refractivity contribution in [3.8, 4) is 0 Å². The summed E-state index contributed by atoms with van der Waals surface area (Å²) in [7, 11) is 1.80. The van der Waals surface area contributed by atoms with Crippen LogP contribution >= 0.6 is 0 Å². The van der Waals surface area contributed by atoms with Gasteiger partial charge in [-0.2, -0.15) is 0 Å². The van der Waals surface area contributed by atoms with Crippen molar-refractivity contribution < 1.29 is 14.3 Å². The highest BCUT2D eigenvalue weighted by Crippen LogP contribution is 2.36. The van der Waals surface area contributed by atoms with E-state index in [1.165, 1.54) is 0 Å². The molecule has 0 bridgehead atoms. The lowest BCUT2D eigenvalue weighted by Gasteiger charge is -2.41. The molecule has 2 amide bonds. The number of carbonyl (C=O) groups excluding carboxylic acids is 2. The summed E-state index contributed by atoms with van der Waals surface area (Å²) in [6.45, 7) is 2.50. The van der Waals surface area contributed by atoms with E-state index in [9.17, 15) is 9.59 Å². The number of hydrogen-bond acceptors (Lipinski definition) is 3. The second-order valence-corrected chi connectivity index (χ2v) is 5.94. The van der Waals surface area contributed by atoms with Crippen LogP contribution in [0.5, 0.6) is 0 Å². The van der Waals surface area contributed by atoms with E-state index in [0.717, 1.165) is 5.56 Å². The normalized spacial score (nSPS) is 26.1. The Kier molecular flexibility index (Phi) is 4.43. The summed E-state index contributed by atoms with van der Waals surface area (Å²) in [5, 5.41) is 0. The van der Waals surface area contributed by atoms with Crippen LogP contribution in [-0.2, 0) is 14.3 Å². The molecule has 0 N–H and O–H groups in total. The SMILES string of the molecule is CN1C(=O)CC[C@@H](C(=O)N2CCOCC2)[C@@H]1c1ccccc1. The molecule has 2 fully saturated rings. The number of carbonyl (C=O) groups is 2. The molecule has 0 saturated carbocycles. The number of amides is 2. The zero-order chi connectivity index (χ0) is 15.5. The summed E-state index contributed by atoms with van der Waals surface area (Å²) in [5.41, 5.74) is 1.03. The van der Waals surface area contributed by atoms with Crippen molar-refractivity contribution in [1.29, 1.82) is 0 Å². The van der Waals surface area contributed by atoms with Gasteiger partial charge >= 0.3 is 0 Å². The minimum Gasteiger partial charge on any atom is -0.378 e.